The molecule has 0 saturated heterocycles. The van der Waals surface area contributed by atoms with Crippen LogP contribution in [0.15, 0.2) is 10.2 Å². The smallest absolute Gasteiger partial charge is 0.0924 e. The molecular weight excluding hydrogens is 120 g/mol. The molecule has 0 rings (SSSR count). The fourth-order valence-electron chi connectivity index (χ4n) is 0.180. The summed E-state index contributed by atoms with van der Waals surface area (Å²) < 4.78 is 0. The molecule has 0 atom stereocenters. The normalized spacial score (nSPS) is 13.1. The highest BCUT2D eigenvalue weighted by Gasteiger charge is 1.79. The summed E-state index contributed by atoms with van der Waals surface area (Å²) in [4.78, 5) is 0. The van der Waals surface area contributed by atoms with Crippen molar-refractivity contribution in [2.45, 2.75) is 13.8 Å². The predicted octanol–water partition coefficient (Wildman–Crippen LogP) is 1.77. The van der Waals surface area contributed by atoms with Gasteiger partial charge in [0.15, 0.2) is 0 Å². The predicted molar refractivity (Wildman–Crippen MR) is 40.8 cm³/mol. The summed E-state index contributed by atoms with van der Waals surface area (Å²) in [6, 6.07) is 0. The monoisotopic (exact) mass is 130 g/mol. The van der Waals surface area contributed by atoms with Crippen molar-refractivity contribution in [2.75, 3.05) is 6.26 Å². The molecule has 0 amide bonds. The Hall–Kier alpha value is -0.310. The van der Waals surface area contributed by atoms with Crippen LogP contribution in [0.25, 0.3) is 0 Å². The van der Waals surface area contributed by atoms with E-state index >= 15 is 0 Å². The molecule has 0 aliphatic rings. The van der Waals surface area contributed by atoms with E-state index in [0.29, 0.717) is 0 Å². The molecule has 0 aromatic rings. The van der Waals surface area contributed by atoms with Gasteiger partial charge in [-0.15, -0.1) is 16.9 Å². The van der Waals surface area contributed by atoms with Crippen LogP contribution in [-0.2, 0) is 0 Å². The third-order valence-corrected chi connectivity index (χ3v) is 1.28. The topological polar surface area (TPSA) is 24.7 Å². The molecule has 0 unspecified atom stereocenters. The Morgan fingerprint density at radius 2 is 2.25 bits per heavy atom. The lowest BCUT2D eigenvalue weighted by atomic mass is 10.9. The largest absolute Gasteiger partial charge is 0.163 e. The minimum absolute atomic E-state index is 0.989. The molecule has 0 N–H and O–H groups in total. The summed E-state index contributed by atoms with van der Waals surface area (Å²) in [7, 11) is 0. The van der Waals surface area contributed by atoms with Gasteiger partial charge in [-0.1, -0.05) is 0 Å². The molecule has 0 radical (unpaired) electrons. The van der Waals surface area contributed by atoms with Crippen molar-refractivity contribution in [3.63, 3.8) is 0 Å². The van der Waals surface area contributed by atoms with E-state index < -0.39 is 0 Å². The Balaban J connectivity index is 3.57. The van der Waals surface area contributed by atoms with E-state index in [0.717, 1.165) is 5.04 Å². The summed E-state index contributed by atoms with van der Waals surface area (Å²) in [5.41, 5.74) is 0. The quantitative estimate of drug-likeness (QED) is 0.301. The molecule has 0 bridgehead atoms. The molecule has 46 valence electrons. The fourth-order valence-corrected chi connectivity index (χ4v) is 0.309. The fraction of sp³-hybridized carbons (Fsp3) is 0.600. The maximum Gasteiger partial charge on any atom is 0.0924 e. The van der Waals surface area contributed by atoms with Crippen LogP contribution < -0.4 is 0 Å². The minimum Gasteiger partial charge on any atom is -0.163 e. The summed E-state index contributed by atoms with van der Waals surface area (Å²) >= 11 is 1.60. The zero-order valence-electron chi connectivity index (χ0n) is 5.38. The Morgan fingerprint density at radius 3 is 2.62 bits per heavy atom. The minimum atomic E-state index is 0.989. The van der Waals surface area contributed by atoms with Crippen LogP contribution in [0.4, 0.5) is 0 Å². The number of nitrogens with zero attached hydrogens (tertiary/aromatic N) is 2. The Bertz CT molecular complexity index is 107. The lowest BCUT2D eigenvalue weighted by molar-refractivity contribution is 1.25. The zero-order valence-corrected chi connectivity index (χ0v) is 6.20. The first-order valence-corrected chi connectivity index (χ1v) is 3.60. The van der Waals surface area contributed by atoms with E-state index in [1.807, 2.05) is 20.1 Å². The van der Waals surface area contributed by atoms with Crippen molar-refractivity contribution < 1.29 is 0 Å². The van der Waals surface area contributed by atoms with Crippen LogP contribution in [0.5, 0.6) is 0 Å². The third kappa shape index (κ3) is 3.87. The molecule has 8 heavy (non-hydrogen) atoms. The molecule has 0 saturated carbocycles. The SMILES string of the molecule is CC=NN=C(C)SC. The number of thioether (sulfide) groups is 1. The van der Waals surface area contributed by atoms with Gasteiger partial charge in [0.05, 0.1) is 5.04 Å². The summed E-state index contributed by atoms with van der Waals surface area (Å²) in [5.74, 6) is 0. The zero-order chi connectivity index (χ0) is 6.41. The van der Waals surface area contributed by atoms with Gasteiger partial charge in [0.2, 0.25) is 0 Å². The molecular formula is C5H10N2S. The molecule has 0 heterocycles. The van der Waals surface area contributed by atoms with E-state index in [1.165, 1.54) is 0 Å². The highest BCUT2D eigenvalue weighted by atomic mass is 32.2. The van der Waals surface area contributed by atoms with Gasteiger partial charge in [0.25, 0.3) is 0 Å². The molecule has 0 spiro atoms. The van der Waals surface area contributed by atoms with Crippen molar-refractivity contribution in [3.05, 3.63) is 0 Å². The van der Waals surface area contributed by atoms with Gasteiger partial charge in [-0.3, -0.25) is 0 Å². The summed E-state index contributed by atoms with van der Waals surface area (Å²) in [6.45, 7) is 3.77. The van der Waals surface area contributed by atoms with Crippen molar-refractivity contribution in [1.29, 1.82) is 0 Å². The van der Waals surface area contributed by atoms with E-state index in [1.54, 1.807) is 18.0 Å². The number of rotatable bonds is 1. The van der Waals surface area contributed by atoms with Crippen molar-refractivity contribution in [2.24, 2.45) is 10.2 Å². The standard InChI is InChI=1S/C5H10N2S/c1-4-6-7-5(2)8-3/h4H,1-3H3. The van der Waals surface area contributed by atoms with Gasteiger partial charge in [0, 0.05) is 6.21 Å². The van der Waals surface area contributed by atoms with Crippen molar-refractivity contribution >= 4 is 23.0 Å². The van der Waals surface area contributed by atoms with Crippen LogP contribution in [0.1, 0.15) is 13.8 Å². The Morgan fingerprint density at radius 1 is 1.62 bits per heavy atom. The van der Waals surface area contributed by atoms with Gasteiger partial charge < -0.3 is 0 Å². The maximum absolute atomic E-state index is 3.81. The lowest BCUT2D eigenvalue weighted by Crippen LogP contribution is -1.76. The number of hydrogen-bond acceptors (Lipinski definition) is 3. The Labute approximate surface area is 54.1 Å². The van der Waals surface area contributed by atoms with Crippen LogP contribution >= 0.6 is 11.8 Å². The van der Waals surface area contributed by atoms with Gasteiger partial charge in [0.1, 0.15) is 0 Å². The molecule has 0 aromatic heterocycles. The van der Waals surface area contributed by atoms with Gasteiger partial charge in [-0.05, 0) is 20.1 Å². The summed E-state index contributed by atoms with van der Waals surface area (Å²) in [5, 5.41) is 8.48. The van der Waals surface area contributed by atoms with Crippen LogP contribution in [0, 0.1) is 0 Å². The highest BCUT2D eigenvalue weighted by molar-refractivity contribution is 8.13. The van der Waals surface area contributed by atoms with E-state index in [4.69, 9.17) is 0 Å². The van der Waals surface area contributed by atoms with Crippen LogP contribution in [-0.4, -0.2) is 17.5 Å². The lowest BCUT2D eigenvalue weighted by Gasteiger charge is -1.84. The summed E-state index contributed by atoms with van der Waals surface area (Å²) in [6.07, 6.45) is 3.64. The maximum atomic E-state index is 3.81. The Kier molecular flexibility index (Phi) is 4.65. The second kappa shape index (κ2) is 4.84. The average molecular weight is 130 g/mol. The molecule has 0 aliphatic carbocycles. The number of hydrogen-bond donors (Lipinski definition) is 0. The van der Waals surface area contributed by atoms with Crippen molar-refractivity contribution in [3.8, 4) is 0 Å². The van der Waals surface area contributed by atoms with E-state index in [9.17, 15) is 0 Å². The van der Waals surface area contributed by atoms with Crippen molar-refractivity contribution in [1.82, 2.24) is 0 Å². The second-order valence-corrected chi connectivity index (χ2v) is 2.20. The molecule has 3 heteroatoms. The highest BCUT2D eigenvalue weighted by Crippen LogP contribution is 1.95. The van der Waals surface area contributed by atoms with E-state index in [2.05, 4.69) is 10.2 Å². The van der Waals surface area contributed by atoms with Gasteiger partial charge >= 0.3 is 0 Å². The van der Waals surface area contributed by atoms with E-state index in [-0.39, 0.29) is 0 Å². The van der Waals surface area contributed by atoms with Gasteiger partial charge in [-0.25, -0.2) is 0 Å². The van der Waals surface area contributed by atoms with Crippen LogP contribution in [0.2, 0.25) is 0 Å². The molecule has 0 aromatic carbocycles. The first-order valence-electron chi connectivity index (χ1n) is 2.37. The molecule has 2 nitrogen and oxygen atoms in total. The first kappa shape index (κ1) is 7.69. The second-order valence-electron chi connectivity index (χ2n) is 1.20. The van der Waals surface area contributed by atoms with Gasteiger partial charge in [-0.2, -0.15) is 5.10 Å². The molecule has 0 aliphatic heterocycles. The molecule has 0 fully saturated rings. The van der Waals surface area contributed by atoms with Crippen LogP contribution in [0.3, 0.4) is 0 Å². The average Bonchev–Trinajstić information content (AvgIpc) is 1.83. The third-order valence-electron chi connectivity index (χ3n) is 0.609. The first-order chi connectivity index (χ1) is 3.81.